The van der Waals surface area contributed by atoms with Crippen LogP contribution < -0.4 is 10.6 Å². The second-order valence-corrected chi connectivity index (χ2v) is 15.3. The molecule has 0 unspecified atom stereocenters. The van der Waals surface area contributed by atoms with E-state index in [-0.39, 0.29) is 11.3 Å². The molecule has 0 fully saturated rings. The minimum absolute atomic E-state index is 0.170. The van der Waals surface area contributed by atoms with E-state index in [1.807, 2.05) is 0 Å². The van der Waals surface area contributed by atoms with E-state index in [9.17, 15) is 0 Å². The highest BCUT2D eigenvalue weighted by Crippen LogP contribution is 2.83. The second-order valence-electron chi connectivity index (χ2n) is 11.8. The summed E-state index contributed by atoms with van der Waals surface area (Å²) >= 11 is 0. The standard InChI is InChI=1S/C42H30P/c1-5-17-33-29(13-1)25-26-30-14-2-6-18-34(30)41(33)43(39-23-11-9-21-37(39)38-22-10-12-24-40(38)43)42-35-19-7-3-15-31(35)27-28-32-16-4-8-20-36(32)42/h1-28,41-42H/q+1. The van der Waals surface area contributed by atoms with Crippen LogP contribution in [0, 0.1) is 0 Å². The van der Waals surface area contributed by atoms with Crippen LogP contribution in [0.3, 0.4) is 0 Å². The Balaban J connectivity index is 1.52. The SMILES string of the molecule is C1=Cc2ccccc2C([P+]2(C3c4ccccc4C=Cc4ccccc43)c3ccccc3-c3ccccc32)c2ccccc21. The first-order valence-corrected chi connectivity index (χ1v) is 17.1. The number of hydrogen-bond donors (Lipinski definition) is 0. The second kappa shape index (κ2) is 9.63. The van der Waals surface area contributed by atoms with Crippen LogP contribution in [0.2, 0.25) is 0 Å². The van der Waals surface area contributed by atoms with Crippen molar-refractivity contribution in [2.45, 2.75) is 11.3 Å². The average Bonchev–Trinajstić information content (AvgIpc) is 3.17. The normalized spacial score (nSPS) is 15.7. The Hall–Kier alpha value is -4.77. The third kappa shape index (κ3) is 3.48. The molecule has 0 atom stereocenters. The fourth-order valence-corrected chi connectivity index (χ4v) is 14.3. The smallest absolute Gasteiger partial charge is 0.0618 e. The highest BCUT2D eigenvalue weighted by molar-refractivity contribution is 7.91. The highest BCUT2D eigenvalue weighted by atomic mass is 31.2. The molecule has 0 nitrogen and oxygen atoms in total. The van der Waals surface area contributed by atoms with E-state index in [4.69, 9.17) is 0 Å². The zero-order chi connectivity index (χ0) is 28.4. The van der Waals surface area contributed by atoms with Crippen molar-refractivity contribution in [2.24, 2.45) is 0 Å². The summed E-state index contributed by atoms with van der Waals surface area (Å²) in [6.45, 7) is 0. The van der Waals surface area contributed by atoms with Crippen molar-refractivity contribution in [1.82, 2.24) is 0 Å². The van der Waals surface area contributed by atoms with Gasteiger partial charge in [-0.05, 0) is 34.4 Å². The van der Waals surface area contributed by atoms with Gasteiger partial charge >= 0.3 is 0 Å². The van der Waals surface area contributed by atoms with Crippen molar-refractivity contribution < 1.29 is 0 Å². The summed E-state index contributed by atoms with van der Waals surface area (Å²) < 4.78 is 0. The molecule has 9 rings (SSSR count). The molecule has 0 bridgehead atoms. The molecule has 0 saturated heterocycles. The molecule has 6 aromatic carbocycles. The molecule has 43 heavy (non-hydrogen) atoms. The van der Waals surface area contributed by atoms with Gasteiger partial charge in [0.15, 0.2) is 0 Å². The van der Waals surface area contributed by atoms with Gasteiger partial charge in [0.1, 0.15) is 29.2 Å². The van der Waals surface area contributed by atoms with E-state index < -0.39 is 7.26 Å². The first kappa shape index (κ1) is 24.8. The molecule has 0 amide bonds. The lowest BCUT2D eigenvalue weighted by molar-refractivity contribution is 1.05. The molecule has 0 spiro atoms. The summed E-state index contributed by atoms with van der Waals surface area (Å²) in [5.41, 5.74) is 14.1. The first-order chi connectivity index (χ1) is 21.4. The summed E-state index contributed by atoms with van der Waals surface area (Å²) in [4.78, 5) is 0. The van der Waals surface area contributed by atoms with E-state index in [1.54, 1.807) is 0 Å². The summed E-state index contributed by atoms with van der Waals surface area (Å²) in [6.07, 6.45) is 9.37. The van der Waals surface area contributed by atoms with Gasteiger partial charge in [-0.25, -0.2) is 0 Å². The average molecular weight is 566 g/mol. The summed E-state index contributed by atoms with van der Waals surface area (Å²) in [7, 11) is -2.34. The zero-order valence-corrected chi connectivity index (χ0v) is 24.7. The molecular weight excluding hydrogens is 535 g/mol. The van der Waals surface area contributed by atoms with Crippen LogP contribution in [0.15, 0.2) is 146 Å². The molecule has 1 heterocycles. The van der Waals surface area contributed by atoms with Gasteiger partial charge in [0, 0.05) is 33.4 Å². The van der Waals surface area contributed by atoms with Crippen LogP contribution >= 0.6 is 7.26 Å². The lowest BCUT2D eigenvalue weighted by Crippen LogP contribution is -2.30. The summed E-state index contributed by atoms with van der Waals surface area (Å²) in [5.74, 6) is 0. The first-order valence-electron chi connectivity index (χ1n) is 15.2. The van der Waals surface area contributed by atoms with Crippen molar-refractivity contribution in [1.29, 1.82) is 0 Å². The maximum Gasteiger partial charge on any atom is 0.131 e. The predicted octanol–water partition coefficient (Wildman–Crippen LogP) is 10.2. The molecule has 0 N–H and O–H groups in total. The molecule has 202 valence electrons. The van der Waals surface area contributed by atoms with Crippen LogP contribution in [-0.4, -0.2) is 0 Å². The van der Waals surface area contributed by atoms with Gasteiger partial charge in [0.25, 0.3) is 0 Å². The molecule has 0 radical (unpaired) electrons. The van der Waals surface area contributed by atoms with E-state index in [1.165, 1.54) is 66.2 Å². The van der Waals surface area contributed by atoms with Gasteiger partial charge in [0.2, 0.25) is 0 Å². The molecule has 3 aliphatic rings. The number of benzene rings is 6. The van der Waals surface area contributed by atoms with Gasteiger partial charge in [-0.2, -0.15) is 0 Å². The Morgan fingerprint density at radius 3 is 0.930 bits per heavy atom. The third-order valence-corrected chi connectivity index (χ3v) is 14.9. The Labute approximate surface area is 254 Å². The van der Waals surface area contributed by atoms with Gasteiger partial charge in [-0.15, -0.1) is 0 Å². The molecule has 1 heteroatoms. The third-order valence-electron chi connectivity index (χ3n) is 9.76. The van der Waals surface area contributed by atoms with Crippen LogP contribution in [0.1, 0.15) is 55.8 Å². The number of fused-ring (bicyclic) bond motifs is 7. The summed E-state index contributed by atoms with van der Waals surface area (Å²) in [6, 6.07) is 55.3. The molecule has 2 aliphatic carbocycles. The number of rotatable bonds is 2. The maximum absolute atomic E-state index is 2.47. The fourth-order valence-electron chi connectivity index (χ4n) is 8.10. The molecular formula is C42H30P+. The minimum atomic E-state index is -2.34. The summed E-state index contributed by atoms with van der Waals surface area (Å²) in [5, 5.41) is 3.04. The predicted molar refractivity (Wildman–Crippen MR) is 185 cm³/mol. The van der Waals surface area contributed by atoms with Crippen molar-refractivity contribution in [3.8, 4) is 11.1 Å². The van der Waals surface area contributed by atoms with Crippen LogP contribution in [0.25, 0.3) is 35.4 Å². The Bertz CT molecular complexity index is 1860. The quantitative estimate of drug-likeness (QED) is 0.183. The van der Waals surface area contributed by atoms with E-state index in [2.05, 4.69) is 170 Å². The largest absolute Gasteiger partial charge is 0.131 e. The molecule has 6 aromatic rings. The van der Waals surface area contributed by atoms with Crippen molar-refractivity contribution >= 4 is 42.2 Å². The molecule has 1 aliphatic heterocycles. The van der Waals surface area contributed by atoms with Gasteiger partial charge in [-0.1, -0.05) is 158 Å². The lowest BCUT2D eigenvalue weighted by Gasteiger charge is -2.40. The van der Waals surface area contributed by atoms with Gasteiger partial charge in [0.05, 0.1) is 0 Å². The Kier molecular flexibility index (Phi) is 5.55. The minimum Gasteiger partial charge on any atom is -0.0618 e. The van der Waals surface area contributed by atoms with Crippen molar-refractivity contribution in [3.63, 3.8) is 0 Å². The topological polar surface area (TPSA) is 0 Å². The fraction of sp³-hybridized carbons (Fsp3) is 0.0476. The monoisotopic (exact) mass is 565 g/mol. The van der Waals surface area contributed by atoms with Gasteiger partial charge < -0.3 is 0 Å². The lowest BCUT2D eigenvalue weighted by atomic mass is 9.98. The zero-order valence-electron chi connectivity index (χ0n) is 23.8. The van der Waals surface area contributed by atoms with Gasteiger partial charge in [-0.3, -0.25) is 0 Å². The van der Waals surface area contributed by atoms with Crippen molar-refractivity contribution in [2.75, 3.05) is 0 Å². The van der Waals surface area contributed by atoms with E-state index in [0.717, 1.165) is 0 Å². The maximum atomic E-state index is 2.47. The van der Waals surface area contributed by atoms with Crippen LogP contribution in [0.5, 0.6) is 0 Å². The van der Waals surface area contributed by atoms with Crippen LogP contribution in [-0.2, 0) is 0 Å². The van der Waals surface area contributed by atoms with E-state index >= 15 is 0 Å². The molecule has 0 saturated carbocycles. The Morgan fingerprint density at radius 1 is 0.302 bits per heavy atom. The molecule has 0 aromatic heterocycles. The van der Waals surface area contributed by atoms with Crippen molar-refractivity contribution in [3.05, 3.63) is 190 Å². The highest BCUT2D eigenvalue weighted by Gasteiger charge is 2.64. The Morgan fingerprint density at radius 2 is 0.581 bits per heavy atom. The van der Waals surface area contributed by atoms with E-state index in [0.29, 0.717) is 0 Å². The van der Waals surface area contributed by atoms with Crippen LogP contribution in [0.4, 0.5) is 0 Å². The number of hydrogen-bond acceptors (Lipinski definition) is 0.